The van der Waals surface area contributed by atoms with E-state index in [9.17, 15) is 14.4 Å². The molecule has 1 amide bonds. The number of benzene rings is 2. The van der Waals surface area contributed by atoms with Gasteiger partial charge in [-0.05, 0) is 40.3 Å². The lowest BCUT2D eigenvalue weighted by Crippen LogP contribution is -2.43. The highest BCUT2D eigenvalue weighted by Gasteiger charge is 2.25. The maximum atomic E-state index is 13.4. The second kappa shape index (κ2) is 11.9. The van der Waals surface area contributed by atoms with Crippen molar-refractivity contribution in [3.05, 3.63) is 86.0 Å². The van der Waals surface area contributed by atoms with Crippen LogP contribution in [0.15, 0.2) is 69.3 Å². The number of rotatable bonds is 10. The summed E-state index contributed by atoms with van der Waals surface area (Å²) >= 11 is 7.04. The van der Waals surface area contributed by atoms with Crippen LogP contribution in [-0.2, 0) is 16.1 Å². The molecule has 0 saturated heterocycles. The van der Waals surface area contributed by atoms with Gasteiger partial charge in [-0.2, -0.15) is 4.68 Å². The van der Waals surface area contributed by atoms with Gasteiger partial charge in [0.05, 0.1) is 24.6 Å². The molecule has 0 bridgehead atoms. The number of carbonyl (C=O) groups is 1. The number of nitrogen functional groups attached to an aromatic ring is 1. The summed E-state index contributed by atoms with van der Waals surface area (Å²) in [5.74, 6) is -0.693. The fraction of sp³-hybridized carbons (Fsp3) is 0.217. The summed E-state index contributed by atoms with van der Waals surface area (Å²) in [7, 11) is 1.47. The molecule has 3 N–H and O–H groups in total. The first-order valence-corrected chi connectivity index (χ1v) is 12.4. The van der Waals surface area contributed by atoms with Crippen molar-refractivity contribution in [2.45, 2.75) is 11.7 Å². The van der Waals surface area contributed by atoms with Crippen molar-refractivity contribution in [1.29, 1.82) is 0 Å². The Labute approximate surface area is 220 Å². The molecule has 37 heavy (non-hydrogen) atoms. The van der Waals surface area contributed by atoms with E-state index in [0.717, 1.165) is 17.3 Å². The summed E-state index contributed by atoms with van der Waals surface area (Å²) in [4.78, 5) is 42.2. The number of tetrazole rings is 1. The third-order valence-electron chi connectivity index (χ3n) is 5.32. The van der Waals surface area contributed by atoms with Gasteiger partial charge in [-0.1, -0.05) is 53.7 Å². The van der Waals surface area contributed by atoms with Gasteiger partial charge in [0.25, 0.3) is 5.56 Å². The number of halogens is 1. The summed E-state index contributed by atoms with van der Waals surface area (Å²) in [6.45, 7) is 0.288. The standard InChI is InChI=1S/C23H23ClN8O4S/c1-36-12-11-30(18(33)14-37-23-27-28-29-32(23)17-9-7-16(24)8-10-17)19-20(25)31(22(35)26-21(19)34)13-15-5-3-2-4-6-15/h2-10H,11-14,25H2,1H3,(H,26,34,35). The van der Waals surface area contributed by atoms with Crippen LogP contribution in [0.2, 0.25) is 5.02 Å². The van der Waals surface area contributed by atoms with Gasteiger partial charge in [-0.3, -0.25) is 19.1 Å². The van der Waals surface area contributed by atoms with E-state index in [1.807, 2.05) is 30.3 Å². The molecule has 2 aromatic heterocycles. The van der Waals surface area contributed by atoms with Crippen molar-refractivity contribution in [1.82, 2.24) is 29.8 Å². The van der Waals surface area contributed by atoms with Crippen LogP contribution < -0.4 is 21.9 Å². The zero-order valence-corrected chi connectivity index (χ0v) is 21.3. The summed E-state index contributed by atoms with van der Waals surface area (Å²) < 4.78 is 7.82. The zero-order valence-electron chi connectivity index (χ0n) is 19.7. The largest absolute Gasteiger partial charge is 0.383 e. The van der Waals surface area contributed by atoms with Gasteiger partial charge >= 0.3 is 5.69 Å². The number of hydrogen-bond acceptors (Lipinski definition) is 9. The SMILES string of the molecule is COCCN(C(=O)CSc1nnnn1-c1ccc(Cl)cc1)c1c(N)n(Cc2ccccc2)c(=O)[nH]c1=O. The van der Waals surface area contributed by atoms with Crippen molar-refractivity contribution in [3.63, 3.8) is 0 Å². The van der Waals surface area contributed by atoms with Gasteiger partial charge in [0.15, 0.2) is 5.69 Å². The Bertz CT molecular complexity index is 1490. The van der Waals surface area contributed by atoms with Crippen LogP contribution in [0, 0.1) is 0 Å². The van der Waals surface area contributed by atoms with Gasteiger partial charge in [-0.15, -0.1) is 5.10 Å². The normalized spacial score (nSPS) is 11.0. The van der Waals surface area contributed by atoms with Gasteiger partial charge < -0.3 is 15.4 Å². The highest BCUT2D eigenvalue weighted by molar-refractivity contribution is 7.99. The summed E-state index contributed by atoms with van der Waals surface area (Å²) in [6.07, 6.45) is 0. The lowest BCUT2D eigenvalue weighted by Gasteiger charge is -2.24. The van der Waals surface area contributed by atoms with E-state index in [1.165, 1.54) is 21.3 Å². The Hall–Kier alpha value is -3.94. The lowest BCUT2D eigenvalue weighted by molar-refractivity contribution is -0.116. The first-order chi connectivity index (χ1) is 17.9. The Morgan fingerprint density at radius 1 is 1.16 bits per heavy atom. The molecule has 12 nitrogen and oxygen atoms in total. The summed E-state index contributed by atoms with van der Waals surface area (Å²) in [5.41, 5.74) is 6.19. The van der Waals surface area contributed by atoms with Crippen LogP contribution >= 0.6 is 23.4 Å². The van der Waals surface area contributed by atoms with Gasteiger partial charge in [0.1, 0.15) is 5.82 Å². The number of nitrogens with two attached hydrogens (primary N) is 1. The maximum absolute atomic E-state index is 13.4. The molecular weight excluding hydrogens is 520 g/mol. The predicted octanol–water partition coefficient (Wildman–Crippen LogP) is 1.57. The summed E-state index contributed by atoms with van der Waals surface area (Å²) in [6, 6.07) is 16.0. The van der Waals surface area contributed by atoms with E-state index >= 15 is 0 Å². The molecule has 0 aliphatic rings. The monoisotopic (exact) mass is 542 g/mol. The quantitative estimate of drug-likeness (QED) is 0.284. The molecule has 2 aromatic carbocycles. The average molecular weight is 543 g/mol. The van der Waals surface area contributed by atoms with Crippen LogP contribution in [0.1, 0.15) is 5.56 Å². The third-order valence-corrected chi connectivity index (χ3v) is 6.48. The molecule has 2 heterocycles. The molecule has 4 aromatic rings. The maximum Gasteiger partial charge on any atom is 0.330 e. The molecule has 0 unspecified atom stereocenters. The number of carbonyl (C=O) groups excluding carboxylic acids is 1. The number of H-pyrrole nitrogens is 1. The predicted molar refractivity (Wildman–Crippen MR) is 140 cm³/mol. The number of nitrogens with one attached hydrogen (secondary N) is 1. The number of aromatic amines is 1. The second-order valence-corrected chi connectivity index (χ2v) is 9.12. The molecular formula is C23H23ClN8O4S. The highest BCUT2D eigenvalue weighted by Crippen LogP contribution is 2.23. The molecule has 0 aliphatic heterocycles. The van der Waals surface area contributed by atoms with Crippen LogP contribution in [0.5, 0.6) is 0 Å². The average Bonchev–Trinajstić information content (AvgIpc) is 3.36. The minimum atomic E-state index is -0.771. The minimum absolute atomic E-state index is 0.0365. The van der Waals surface area contributed by atoms with Gasteiger partial charge in [0.2, 0.25) is 11.1 Å². The second-order valence-electron chi connectivity index (χ2n) is 7.74. The van der Waals surface area contributed by atoms with E-state index in [0.29, 0.717) is 15.9 Å². The number of thioether (sulfide) groups is 1. The van der Waals surface area contributed by atoms with E-state index in [2.05, 4.69) is 20.5 Å². The zero-order chi connectivity index (χ0) is 26.4. The Morgan fingerprint density at radius 3 is 2.59 bits per heavy atom. The van der Waals surface area contributed by atoms with E-state index in [4.69, 9.17) is 22.1 Å². The molecule has 192 valence electrons. The van der Waals surface area contributed by atoms with Crippen molar-refractivity contribution in [2.24, 2.45) is 0 Å². The Morgan fingerprint density at radius 2 is 1.89 bits per heavy atom. The Balaban J connectivity index is 1.61. The van der Waals surface area contributed by atoms with Crippen LogP contribution in [-0.4, -0.2) is 61.7 Å². The summed E-state index contributed by atoms with van der Waals surface area (Å²) in [5, 5.41) is 12.6. The van der Waals surface area contributed by atoms with Gasteiger partial charge in [0, 0.05) is 18.7 Å². The van der Waals surface area contributed by atoms with Crippen LogP contribution in [0.25, 0.3) is 5.69 Å². The number of methoxy groups -OCH3 is 1. The van der Waals surface area contributed by atoms with Crippen molar-refractivity contribution in [3.8, 4) is 5.69 Å². The first-order valence-electron chi connectivity index (χ1n) is 11.0. The number of nitrogens with zero attached hydrogens (tertiary/aromatic N) is 6. The first kappa shape index (κ1) is 26.1. The molecule has 0 radical (unpaired) electrons. The van der Waals surface area contributed by atoms with Crippen LogP contribution in [0.3, 0.4) is 0 Å². The topological polar surface area (TPSA) is 154 Å². The van der Waals surface area contributed by atoms with Crippen molar-refractivity contribution >= 4 is 40.8 Å². The fourth-order valence-electron chi connectivity index (χ4n) is 3.52. The smallest absolute Gasteiger partial charge is 0.330 e. The van der Waals surface area contributed by atoms with E-state index in [1.54, 1.807) is 24.3 Å². The Kier molecular flexibility index (Phi) is 8.38. The fourth-order valence-corrected chi connectivity index (χ4v) is 4.42. The molecule has 0 saturated carbocycles. The molecule has 0 aliphatic carbocycles. The number of aromatic nitrogens is 6. The number of hydrogen-bond donors (Lipinski definition) is 2. The number of amides is 1. The number of ether oxygens (including phenoxy) is 1. The van der Waals surface area contributed by atoms with Crippen molar-refractivity contribution < 1.29 is 9.53 Å². The molecule has 4 rings (SSSR count). The third kappa shape index (κ3) is 6.07. The minimum Gasteiger partial charge on any atom is -0.383 e. The van der Waals surface area contributed by atoms with E-state index in [-0.39, 0.29) is 37.0 Å². The van der Waals surface area contributed by atoms with E-state index < -0.39 is 17.2 Å². The molecule has 0 atom stereocenters. The lowest BCUT2D eigenvalue weighted by atomic mass is 10.2. The van der Waals surface area contributed by atoms with Crippen LogP contribution in [0.4, 0.5) is 11.5 Å². The van der Waals surface area contributed by atoms with Crippen molar-refractivity contribution in [2.75, 3.05) is 36.6 Å². The molecule has 0 spiro atoms. The highest BCUT2D eigenvalue weighted by atomic mass is 35.5. The molecule has 14 heteroatoms. The molecule has 0 fully saturated rings. The van der Waals surface area contributed by atoms with Gasteiger partial charge in [-0.25, -0.2) is 4.79 Å². The number of anilines is 2.